The maximum absolute atomic E-state index is 9.12. The first-order chi connectivity index (χ1) is 9.60. The minimum absolute atomic E-state index is 0.0673. The monoisotopic (exact) mass is 281 g/mol. The van der Waals surface area contributed by atoms with Crippen molar-refractivity contribution in [3.63, 3.8) is 0 Å². The van der Waals surface area contributed by atoms with E-state index < -0.39 is 0 Å². The summed E-state index contributed by atoms with van der Waals surface area (Å²) in [5, 5.41) is 34.4. The lowest BCUT2D eigenvalue weighted by atomic mass is 10.0. The first-order valence-electron chi connectivity index (χ1n) is 6.80. The van der Waals surface area contributed by atoms with Crippen LogP contribution in [-0.4, -0.2) is 52.5 Å². The van der Waals surface area contributed by atoms with E-state index in [1.807, 2.05) is 13.8 Å². The molecule has 0 aromatic carbocycles. The number of aromatic nitrogens is 2. The van der Waals surface area contributed by atoms with E-state index in [0.717, 1.165) is 17.7 Å². The lowest BCUT2D eigenvalue weighted by molar-refractivity contribution is 0.280. The zero-order chi connectivity index (χ0) is 15.1. The van der Waals surface area contributed by atoms with Crippen LogP contribution in [0.3, 0.4) is 0 Å². The maximum Gasteiger partial charge on any atom is 0.162 e. The van der Waals surface area contributed by atoms with Crippen LogP contribution in [0, 0.1) is 5.41 Å². The van der Waals surface area contributed by atoms with Crippen LogP contribution in [0.25, 0.3) is 0 Å². The molecule has 0 bridgehead atoms. The van der Waals surface area contributed by atoms with Gasteiger partial charge in [-0.3, -0.25) is 5.41 Å². The average molecular weight is 281 g/mol. The van der Waals surface area contributed by atoms with E-state index in [9.17, 15) is 0 Å². The Balaban J connectivity index is 3.40. The van der Waals surface area contributed by atoms with Gasteiger partial charge in [0.25, 0.3) is 0 Å². The molecular weight excluding hydrogens is 258 g/mol. The SMILES string of the molecule is CCc1nnc(N(CCO)CCO)c(C(=N)N)c1CC. The molecule has 0 fully saturated rings. The first kappa shape index (κ1) is 16.3. The maximum atomic E-state index is 9.12. The second-order valence-corrected chi connectivity index (χ2v) is 4.38. The van der Waals surface area contributed by atoms with Crippen molar-refractivity contribution < 1.29 is 10.2 Å². The summed E-state index contributed by atoms with van der Waals surface area (Å²) in [6, 6.07) is 0. The van der Waals surface area contributed by atoms with Gasteiger partial charge < -0.3 is 20.8 Å². The van der Waals surface area contributed by atoms with E-state index in [4.69, 9.17) is 21.4 Å². The van der Waals surface area contributed by atoms with Crippen LogP contribution in [0.4, 0.5) is 5.82 Å². The van der Waals surface area contributed by atoms with Gasteiger partial charge in [-0.25, -0.2) is 0 Å². The number of amidine groups is 1. The van der Waals surface area contributed by atoms with Crippen LogP contribution in [0.2, 0.25) is 0 Å². The molecule has 112 valence electrons. The fraction of sp³-hybridized carbons (Fsp3) is 0.615. The topological polar surface area (TPSA) is 119 Å². The quantitative estimate of drug-likeness (QED) is 0.383. The molecule has 7 heteroatoms. The van der Waals surface area contributed by atoms with Crippen molar-refractivity contribution in [3.05, 3.63) is 16.8 Å². The number of nitrogens with zero attached hydrogens (tertiary/aromatic N) is 3. The molecule has 0 aliphatic heterocycles. The Labute approximate surface area is 118 Å². The van der Waals surface area contributed by atoms with Crippen molar-refractivity contribution in [2.75, 3.05) is 31.2 Å². The van der Waals surface area contributed by atoms with E-state index >= 15 is 0 Å². The molecule has 0 unspecified atom stereocenters. The van der Waals surface area contributed by atoms with Crippen LogP contribution in [-0.2, 0) is 12.8 Å². The normalized spacial score (nSPS) is 10.6. The zero-order valence-electron chi connectivity index (χ0n) is 12.1. The molecule has 0 atom stereocenters. The summed E-state index contributed by atoms with van der Waals surface area (Å²) in [5.74, 6) is 0.386. The van der Waals surface area contributed by atoms with Crippen LogP contribution in [0.15, 0.2) is 0 Å². The fourth-order valence-electron chi connectivity index (χ4n) is 2.23. The standard InChI is InChI=1S/C13H23N5O2/c1-3-9-10(4-2)16-17-13(11(9)12(14)15)18(5-7-19)6-8-20/h19-20H,3-8H2,1-2H3,(H3,14,15). The summed E-state index contributed by atoms with van der Waals surface area (Å²) in [6.45, 7) is 4.43. The highest BCUT2D eigenvalue weighted by molar-refractivity contribution is 6.01. The second kappa shape index (κ2) is 7.76. The molecule has 0 aliphatic carbocycles. The Morgan fingerprint density at radius 2 is 1.75 bits per heavy atom. The van der Waals surface area contributed by atoms with Crippen molar-refractivity contribution in [3.8, 4) is 0 Å². The Morgan fingerprint density at radius 3 is 2.15 bits per heavy atom. The average Bonchev–Trinajstić information content (AvgIpc) is 2.45. The van der Waals surface area contributed by atoms with Crippen molar-refractivity contribution in [2.45, 2.75) is 26.7 Å². The highest BCUT2D eigenvalue weighted by Gasteiger charge is 2.20. The van der Waals surface area contributed by atoms with Crippen LogP contribution in [0.1, 0.15) is 30.7 Å². The number of aliphatic hydroxyl groups is 2. The first-order valence-corrected chi connectivity index (χ1v) is 6.80. The molecule has 5 N–H and O–H groups in total. The molecule has 0 saturated carbocycles. The molecule has 0 radical (unpaired) electrons. The Hall–Kier alpha value is -1.73. The van der Waals surface area contributed by atoms with Gasteiger partial charge in [0, 0.05) is 13.1 Å². The molecule has 20 heavy (non-hydrogen) atoms. The lowest BCUT2D eigenvalue weighted by Crippen LogP contribution is -2.34. The van der Waals surface area contributed by atoms with Gasteiger partial charge in [-0.1, -0.05) is 13.8 Å². The van der Waals surface area contributed by atoms with E-state index in [-0.39, 0.29) is 19.0 Å². The lowest BCUT2D eigenvalue weighted by Gasteiger charge is -2.25. The van der Waals surface area contributed by atoms with Crippen molar-refractivity contribution in [1.82, 2.24) is 10.2 Å². The third-order valence-electron chi connectivity index (χ3n) is 3.14. The fourth-order valence-corrected chi connectivity index (χ4v) is 2.23. The van der Waals surface area contributed by atoms with Crippen molar-refractivity contribution in [2.24, 2.45) is 5.73 Å². The van der Waals surface area contributed by atoms with E-state index in [1.165, 1.54) is 0 Å². The van der Waals surface area contributed by atoms with E-state index in [1.54, 1.807) is 4.90 Å². The molecule has 0 amide bonds. The summed E-state index contributed by atoms with van der Waals surface area (Å²) >= 11 is 0. The number of aliphatic hydroxyl groups excluding tert-OH is 2. The zero-order valence-corrected chi connectivity index (χ0v) is 12.1. The Bertz CT molecular complexity index is 458. The molecule has 1 aromatic heterocycles. The summed E-state index contributed by atoms with van der Waals surface area (Å²) in [7, 11) is 0. The number of hydrogen-bond acceptors (Lipinski definition) is 6. The predicted molar refractivity (Wildman–Crippen MR) is 78.2 cm³/mol. The summed E-state index contributed by atoms with van der Waals surface area (Å²) in [6.07, 6.45) is 1.42. The van der Waals surface area contributed by atoms with Crippen LogP contribution in [0.5, 0.6) is 0 Å². The third kappa shape index (κ3) is 3.43. The largest absolute Gasteiger partial charge is 0.395 e. The van der Waals surface area contributed by atoms with Gasteiger partial charge in [-0.2, -0.15) is 5.10 Å². The minimum Gasteiger partial charge on any atom is -0.395 e. The van der Waals surface area contributed by atoms with Gasteiger partial charge in [0.15, 0.2) is 5.82 Å². The highest BCUT2D eigenvalue weighted by atomic mass is 16.3. The molecule has 0 spiro atoms. The second-order valence-electron chi connectivity index (χ2n) is 4.38. The molecule has 0 saturated heterocycles. The smallest absolute Gasteiger partial charge is 0.162 e. The summed E-state index contributed by atoms with van der Waals surface area (Å²) in [4.78, 5) is 1.70. The number of nitrogens with two attached hydrogens (primary N) is 1. The number of aryl methyl sites for hydroxylation is 1. The summed E-state index contributed by atoms with van der Waals surface area (Å²) in [5.41, 5.74) is 8.00. The van der Waals surface area contributed by atoms with E-state index in [2.05, 4.69) is 10.2 Å². The summed E-state index contributed by atoms with van der Waals surface area (Å²) < 4.78 is 0. The van der Waals surface area contributed by atoms with Crippen molar-refractivity contribution in [1.29, 1.82) is 5.41 Å². The number of anilines is 1. The molecule has 1 aromatic rings. The van der Waals surface area contributed by atoms with Gasteiger partial charge in [-0.15, -0.1) is 5.10 Å². The molecule has 7 nitrogen and oxygen atoms in total. The van der Waals surface area contributed by atoms with Gasteiger partial charge in [-0.05, 0) is 18.4 Å². The molecule has 1 heterocycles. The number of rotatable bonds is 8. The number of nitrogens with one attached hydrogen (secondary N) is 1. The Kier molecular flexibility index (Phi) is 6.33. The predicted octanol–water partition coefficient (Wildman–Crippen LogP) is -0.324. The minimum atomic E-state index is -0.0734. The van der Waals surface area contributed by atoms with Crippen LogP contribution >= 0.6 is 0 Å². The van der Waals surface area contributed by atoms with E-state index in [0.29, 0.717) is 30.9 Å². The molecule has 0 aliphatic rings. The van der Waals surface area contributed by atoms with Gasteiger partial charge >= 0.3 is 0 Å². The van der Waals surface area contributed by atoms with Crippen molar-refractivity contribution >= 4 is 11.7 Å². The van der Waals surface area contributed by atoms with Crippen LogP contribution < -0.4 is 10.6 Å². The highest BCUT2D eigenvalue weighted by Crippen LogP contribution is 2.23. The van der Waals surface area contributed by atoms with Gasteiger partial charge in [0.2, 0.25) is 0 Å². The number of nitrogen functional groups attached to an aromatic ring is 1. The van der Waals surface area contributed by atoms with Gasteiger partial charge in [0.05, 0.1) is 24.5 Å². The Morgan fingerprint density at radius 1 is 1.15 bits per heavy atom. The van der Waals surface area contributed by atoms with Gasteiger partial charge in [0.1, 0.15) is 5.84 Å². The number of hydrogen-bond donors (Lipinski definition) is 4. The molecular formula is C13H23N5O2. The third-order valence-corrected chi connectivity index (χ3v) is 3.14. The molecule has 1 rings (SSSR count).